The van der Waals surface area contributed by atoms with E-state index in [1.54, 1.807) is 29.4 Å². The topological polar surface area (TPSA) is 74.3 Å². The zero-order valence-electron chi connectivity index (χ0n) is 16.6. The highest BCUT2D eigenvalue weighted by Gasteiger charge is 2.28. The second kappa shape index (κ2) is 8.71. The molecule has 2 aromatic carbocycles. The fourth-order valence-electron chi connectivity index (χ4n) is 3.90. The Hall–Kier alpha value is -3.12. The number of nitrogens with zero attached hydrogens (tertiary/aromatic N) is 2. The molecular formula is C23H23ClN4O2. The minimum Gasteiger partial charge on any atom is -0.337 e. The lowest BCUT2D eigenvalue weighted by atomic mass is 10.00. The summed E-state index contributed by atoms with van der Waals surface area (Å²) in [6.45, 7) is 3.06. The number of hydrogen-bond donors (Lipinski definition) is 2. The van der Waals surface area contributed by atoms with Gasteiger partial charge in [-0.25, -0.2) is 4.79 Å². The van der Waals surface area contributed by atoms with Crippen LogP contribution in [-0.2, 0) is 0 Å². The molecule has 1 fully saturated rings. The van der Waals surface area contributed by atoms with Gasteiger partial charge < -0.3 is 15.5 Å². The summed E-state index contributed by atoms with van der Waals surface area (Å²) < 4.78 is 0. The van der Waals surface area contributed by atoms with E-state index < -0.39 is 0 Å². The zero-order chi connectivity index (χ0) is 21.1. The average molecular weight is 423 g/mol. The maximum atomic E-state index is 12.6. The Kier molecular flexibility index (Phi) is 5.86. The van der Waals surface area contributed by atoms with Crippen LogP contribution in [0.4, 0.5) is 4.79 Å². The molecule has 3 aromatic rings. The number of fused-ring (bicyclic) bond motifs is 1. The van der Waals surface area contributed by atoms with Gasteiger partial charge in [0.2, 0.25) is 0 Å². The number of likely N-dealkylation sites (tertiary alicyclic amines) is 1. The van der Waals surface area contributed by atoms with Crippen LogP contribution in [0, 0.1) is 0 Å². The minimum absolute atomic E-state index is 0.0388. The highest BCUT2D eigenvalue weighted by Crippen LogP contribution is 2.29. The summed E-state index contributed by atoms with van der Waals surface area (Å²) in [5.41, 5.74) is 1.62. The molecule has 154 valence electrons. The Morgan fingerprint density at radius 1 is 1.10 bits per heavy atom. The SMILES string of the molecule is CC(NC(=O)NC1CCN(C(=O)c2ccncc2)C1)c1ccc(Cl)c2ccccc12. The van der Waals surface area contributed by atoms with Gasteiger partial charge in [0, 0.05) is 47.5 Å². The van der Waals surface area contributed by atoms with E-state index in [-0.39, 0.29) is 24.0 Å². The minimum atomic E-state index is -0.246. The number of carbonyl (C=O) groups excluding carboxylic acids is 2. The van der Waals surface area contributed by atoms with Crippen LogP contribution in [-0.4, -0.2) is 41.0 Å². The largest absolute Gasteiger partial charge is 0.337 e. The van der Waals surface area contributed by atoms with E-state index in [4.69, 9.17) is 11.6 Å². The lowest BCUT2D eigenvalue weighted by Gasteiger charge is -2.20. The molecule has 1 aliphatic rings. The van der Waals surface area contributed by atoms with Crippen molar-refractivity contribution in [3.63, 3.8) is 0 Å². The molecule has 2 N–H and O–H groups in total. The van der Waals surface area contributed by atoms with Crippen molar-refractivity contribution >= 4 is 34.3 Å². The third-order valence-corrected chi connectivity index (χ3v) is 5.79. The van der Waals surface area contributed by atoms with Gasteiger partial charge in [0.05, 0.1) is 6.04 Å². The van der Waals surface area contributed by atoms with Gasteiger partial charge in [0.15, 0.2) is 0 Å². The Labute approximate surface area is 180 Å². The fourth-order valence-corrected chi connectivity index (χ4v) is 4.13. The molecule has 6 nitrogen and oxygen atoms in total. The molecule has 2 atom stereocenters. The zero-order valence-corrected chi connectivity index (χ0v) is 17.4. The highest BCUT2D eigenvalue weighted by atomic mass is 35.5. The molecule has 1 saturated heterocycles. The Balaban J connectivity index is 1.36. The predicted molar refractivity (Wildman–Crippen MR) is 118 cm³/mol. The van der Waals surface area contributed by atoms with Gasteiger partial charge >= 0.3 is 6.03 Å². The molecule has 0 saturated carbocycles. The van der Waals surface area contributed by atoms with Crippen molar-refractivity contribution in [2.24, 2.45) is 0 Å². The number of carbonyl (C=O) groups is 2. The summed E-state index contributed by atoms with van der Waals surface area (Å²) in [6, 6.07) is 14.6. The van der Waals surface area contributed by atoms with E-state index in [1.807, 2.05) is 43.3 Å². The molecule has 1 aliphatic heterocycles. The van der Waals surface area contributed by atoms with Crippen molar-refractivity contribution in [1.29, 1.82) is 0 Å². The molecule has 30 heavy (non-hydrogen) atoms. The smallest absolute Gasteiger partial charge is 0.315 e. The summed E-state index contributed by atoms with van der Waals surface area (Å²) in [5, 5.41) is 8.67. The number of aromatic nitrogens is 1. The van der Waals surface area contributed by atoms with Crippen molar-refractivity contribution in [3.8, 4) is 0 Å². The van der Waals surface area contributed by atoms with Crippen LogP contribution in [0.3, 0.4) is 0 Å². The number of amides is 3. The van der Waals surface area contributed by atoms with Crippen LogP contribution >= 0.6 is 11.6 Å². The number of benzene rings is 2. The number of halogens is 1. The molecule has 2 heterocycles. The summed E-state index contributed by atoms with van der Waals surface area (Å²) in [7, 11) is 0. The van der Waals surface area contributed by atoms with Crippen LogP contribution in [0.1, 0.15) is 35.3 Å². The first kappa shape index (κ1) is 20.2. The van der Waals surface area contributed by atoms with Crippen molar-refractivity contribution in [3.05, 3.63) is 77.1 Å². The van der Waals surface area contributed by atoms with Crippen LogP contribution in [0.15, 0.2) is 60.9 Å². The van der Waals surface area contributed by atoms with Gasteiger partial charge in [-0.05, 0) is 42.5 Å². The van der Waals surface area contributed by atoms with Gasteiger partial charge in [-0.2, -0.15) is 0 Å². The number of nitrogens with one attached hydrogen (secondary N) is 2. The first-order valence-corrected chi connectivity index (χ1v) is 10.3. The van der Waals surface area contributed by atoms with Gasteiger partial charge in [-0.15, -0.1) is 0 Å². The van der Waals surface area contributed by atoms with E-state index in [0.29, 0.717) is 23.7 Å². The second-order valence-corrected chi connectivity index (χ2v) is 7.90. The monoisotopic (exact) mass is 422 g/mol. The highest BCUT2D eigenvalue weighted by molar-refractivity contribution is 6.35. The molecule has 4 rings (SSSR count). The van der Waals surface area contributed by atoms with Crippen molar-refractivity contribution in [2.75, 3.05) is 13.1 Å². The Morgan fingerprint density at radius 3 is 2.60 bits per heavy atom. The molecule has 0 radical (unpaired) electrons. The van der Waals surface area contributed by atoms with Gasteiger partial charge in [-0.3, -0.25) is 9.78 Å². The normalized spacial score (nSPS) is 17.0. The molecule has 7 heteroatoms. The fraction of sp³-hybridized carbons (Fsp3) is 0.261. The van der Waals surface area contributed by atoms with Gasteiger partial charge in [0.25, 0.3) is 5.91 Å². The first-order chi connectivity index (χ1) is 14.5. The van der Waals surface area contributed by atoms with Gasteiger partial charge in [-0.1, -0.05) is 41.9 Å². The lowest BCUT2D eigenvalue weighted by molar-refractivity contribution is 0.0789. The number of urea groups is 1. The Bertz CT molecular complexity index is 1070. The van der Waals surface area contributed by atoms with E-state index >= 15 is 0 Å². The number of hydrogen-bond acceptors (Lipinski definition) is 3. The summed E-state index contributed by atoms with van der Waals surface area (Å²) in [5.74, 6) is -0.0388. The lowest BCUT2D eigenvalue weighted by Crippen LogP contribution is -2.44. The van der Waals surface area contributed by atoms with Crippen LogP contribution < -0.4 is 10.6 Å². The quantitative estimate of drug-likeness (QED) is 0.662. The van der Waals surface area contributed by atoms with Gasteiger partial charge in [0.1, 0.15) is 0 Å². The van der Waals surface area contributed by atoms with Crippen LogP contribution in [0.5, 0.6) is 0 Å². The third-order valence-electron chi connectivity index (χ3n) is 5.46. The number of pyridine rings is 1. The maximum absolute atomic E-state index is 12.6. The maximum Gasteiger partial charge on any atom is 0.315 e. The predicted octanol–water partition coefficient (Wildman–Crippen LogP) is 4.16. The van der Waals surface area contributed by atoms with Crippen molar-refractivity contribution < 1.29 is 9.59 Å². The van der Waals surface area contributed by atoms with Crippen molar-refractivity contribution in [2.45, 2.75) is 25.4 Å². The average Bonchev–Trinajstić information content (AvgIpc) is 3.22. The summed E-state index contributed by atoms with van der Waals surface area (Å²) >= 11 is 6.30. The summed E-state index contributed by atoms with van der Waals surface area (Å²) in [6.07, 6.45) is 3.94. The van der Waals surface area contributed by atoms with Crippen LogP contribution in [0.2, 0.25) is 5.02 Å². The van der Waals surface area contributed by atoms with E-state index in [2.05, 4.69) is 15.6 Å². The summed E-state index contributed by atoms with van der Waals surface area (Å²) in [4.78, 5) is 30.8. The second-order valence-electron chi connectivity index (χ2n) is 7.49. The standard InChI is InChI=1S/C23H23ClN4O2/c1-15(18-6-7-21(24)20-5-3-2-4-19(18)20)26-23(30)27-17-10-13-28(14-17)22(29)16-8-11-25-12-9-16/h2-9,11-12,15,17H,10,13-14H2,1H3,(H2,26,27,30). The van der Waals surface area contributed by atoms with E-state index in [9.17, 15) is 9.59 Å². The van der Waals surface area contributed by atoms with E-state index in [0.717, 1.165) is 22.8 Å². The molecule has 0 spiro atoms. The Morgan fingerprint density at radius 2 is 1.83 bits per heavy atom. The van der Waals surface area contributed by atoms with E-state index in [1.165, 1.54) is 0 Å². The van der Waals surface area contributed by atoms with Crippen molar-refractivity contribution in [1.82, 2.24) is 20.5 Å². The third kappa shape index (κ3) is 4.24. The van der Waals surface area contributed by atoms with Crippen LogP contribution in [0.25, 0.3) is 10.8 Å². The molecule has 0 aliphatic carbocycles. The molecule has 3 amide bonds. The molecule has 1 aromatic heterocycles. The molecule has 0 bridgehead atoms. The first-order valence-electron chi connectivity index (χ1n) is 9.96. The molecular weight excluding hydrogens is 400 g/mol. The molecule has 2 unspecified atom stereocenters. The number of rotatable bonds is 4.